The van der Waals surface area contributed by atoms with Crippen molar-refractivity contribution >= 4 is 22.5 Å². The molecule has 8 nitrogen and oxygen atoms in total. The molecule has 2 N–H and O–H groups in total. The molecule has 0 radical (unpaired) electrons. The lowest BCUT2D eigenvalue weighted by molar-refractivity contribution is -0.139. The average molecular weight is 531 g/mol. The van der Waals surface area contributed by atoms with Crippen LogP contribution in [0.4, 0.5) is 23.2 Å². The zero-order valence-electron chi connectivity index (χ0n) is 20.5. The quantitative estimate of drug-likeness (QED) is 0.339. The molecule has 0 saturated carbocycles. The van der Waals surface area contributed by atoms with E-state index in [9.17, 15) is 22.4 Å². The van der Waals surface area contributed by atoms with Crippen molar-refractivity contribution in [2.45, 2.75) is 37.9 Å². The van der Waals surface area contributed by atoms with Gasteiger partial charge < -0.3 is 24.6 Å². The summed E-state index contributed by atoms with van der Waals surface area (Å²) in [6.07, 6.45) is -5.07. The van der Waals surface area contributed by atoms with Crippen molar-refractivity contribution in [3.8, 4) is 11.5 Å². The molecule has 0 bridgehead atoms. The van der Waals surface area contributed by atoms with Crippen LogP contribution in [0.3, 0.4) is 0 Å². The number of amides is 1. The molecule has 3 heterocycles. The molecule has 0 aliphatic carbocycles. The van der Waals surface area contributed by atoms with Crippen molar-refractivity contribution < 1.29 is 26.9 Å². The summed E-state index contributed by atoms with van der Waals surface area (Å²) in [5, 5.41) is 10.2. The molecule has 0 spiro atoms. The predicted octanol–water partition coefficient (Wildman–Crippen LogP) is 4.64. The van der Waals surface area contributed by atoms with E-state index in [1.165, 1.54) is 0 Å². The molecule has 5 rings (SSSR count). The smallest absolute Gasteiger partial charge is 0.379 e. The lowest BCUT2D eigenvalue weighted by atomic mass is 10.0. The summed E-state index contributed by atoms with van der Waals surface area (Å²) >= 11 is 0. The van der Waals surface area contributed by atoms with Gasteiger partial charge in [-0.1, -0.05) is 29.4 Å². The highest BCUT2D eigenvalue weighted by Gasteiger charge is 2.32. The van der Waals surface area contributed by atoms with Crippen LogP contribution >= 0.6 is 0 Å². The van der Waals surface area contributed by atoms with Crippen LogP contribution in [0.2, 0.25) is 0 Å². The lowest BCUT2D eigenvalue weighted by Gasteiger charge is -2.33. The highest BCUT2D eigenvalue weighted by molar-refractivity contribution is 5.96. The molecule has 1 aliphatic rings. The van der Waals surface area contributed by atoms with E-state index in [-0.39, 0.29) is 36.4 Å². The third-order valence-electron chi connectivity index (χ3n) is 6.50. The molecule has 1 saturated heterocycles. The molecule has 1 aliphatic heterocycles. The zero-order chi connectivity index (χ0) is 26.9. The Morgan fingerprint density at radius 1 is 1.16 bits per heavy atom. The molecule has 1 fully saturated rings. The number of nitrogens with zero attached hydrogens (tertiary/aromatic N) is 4. The maximum Gasteiger partial charge on any atom is 0.406 e. The second kappa shape index (κ2) is 10.4. The third-order valence-corrected chi connectivity index (χ3v) is 6.50. The summed E-state index contributed by atoms with van der Waals surface area (Å²) in [4.78, 5) is 18.4. The minimum absolute atomic E-state index is 0.0399. The number of aromatic nitrogens is 3. The Bertz CT molecular complexity index is 1420. The standard InChI is InChI=1S/C26H26F4N6O2/c1-35-11-10-20(18(27)14-35)32-19-8-5-9-21-17(19)12-22(36(21)15-26(28,29)30)24-33-23(38-34-24)13-31-25(37)16-6-3-2-4-7-16/h2-9,12,18,20,32H,10-11,13-15H2,1H3,(H,31,37)/t18-,20+/m1/s1. The number of hydrogen-bond donors (Lipinski definition) is 2. The van der Waals surface area contributed by atoms with Gasteiger partial charge in [0.1, 0.15) is 12.7 Å². The predicted molar refractivity (Wildman–Crippen MR) is 133 cm³/mol. The van der Waals surface area contributed by atoms with E-state index in [1.54, 1.807) is 54.6 Å². The van der Waals surface area contributed by atoms with Crippen LogP contribution in [-0.4, -0.2) is 64.0 Å². The molecular formula is C26H26F4N6O2. The minimum Gasteiger partial charge on any atom is -0.379 e. The van der Waals surface area contributed by atoms with Crippen LogP contribution in [0, 0.1) is 0 Å². The van der Waals surface area contributed by atoms with E-state index in [4.69, 9.17) is 4.52 Å². The number of fused-ring (bicyclic) bond motifs is 1. The fraction of sp³-hybridized carbons (Fsp3) is 0.346. The Morgan fingerprint density at radius 3 is 2.68 bits per heavy atom. The van der Waals surface area contributed by atoms with Gasteiger partial charge in [-0.15, -0.1) is 0 Å². The second-order valence-corrected chi connectivity index (χ2v) is 9.35. The number of carbonyl (C=O) groups is 1. The minimum atomic E-state index is -4.52. The van der Waals surface area contributed by atoms with E-state index in [0.29, 0.717) is 35.1 Å². The first kappa shape index (κ1) is 25.7. The van der Waals surface area contributed by atoms with Crippen molar-refractivity contribution in [1.29, 1.82) is 0 Å². The van der Waals surface area contributed by atoms with Crippen LogP contribution in [0.25, 0.3) is 22.4 Å². The summed E-state index contributed by atoms with van der Waals surface area (Å²) in [7, 11) is 1.85. The Morgan fingerprint density at radius 2 is 1.95 bits per heavy atom. The number of anilines is 1. The lowest BCUT2D eigenvalue weighted by Crippen LogP contribution is -2.46. The van der Waals surface area contributed by atoms with Crippen LogP contribution < -0.4 is 10.6 Å². The number of carbonyl (C=O) groups excluding carboxylic acids is 1. The maximum absolute atomic E-state index is 14.7. The van der Waals surface area contributed by atoms with Crippen LogP contribution in [0.1, 0.15) is 22.7 Å². The van der Waals surface area contributed by atoms with Gasteiger partial charge >= 0.3 is 6.18 Å². The van der Waals surface area contributed by atoms with Crippen molar-refractivity contribution in [2.75, 3.05) is 25.5 Å². The number of hydrogen-bond acceptors (Lipinski definition) is 6. The molecule has 4 aromatic rings. The topological polar surface area (TPSA) is 88.2 Å². The Labute approximate surface area is 215 Å². The fourth-order valence-corrected chi connectivity index (χ4v) is 4.64. The largest absolute Gasteiger partial charge is 0.406 e. The molecule has 200 valence electrons. The Hall–Kier alpha value is -3.93. The molecule has 1 amide bonds. The molecule has 12 heteroatoms. The first-order valence-corrected chi connectivity index (χ1v) is 12.1. The molecule has 2 aromatic heterocycles. The van der Waals surface area contributed by atoms with Crippen LogP contribution in [-0.2, 0) is 13.1 Å². The van der Waals surface area contributed by atoms with E-state index < -0.39 is 24.9 Å². The second-order valence-electron chi connectivity index (χ2n) is 9.35. The van der Waals surface area contributed by atoms with Crippen molar-refractivity contribution in [3.63, 3.8) is 0 Å². The van der Waals surface area contributed by atoms with Crippen LogP contribution in [0.5, 0.6) is 0 Å². The number of halogens is 4. The summed E-state index contributed by atoms with van der Waals surface area (Å²) in [6, 6.07) is 14.5. The number of piperidine rings is 1. The number of nitrogens with one attached hydrogen (secondary N) is 2. The van der Waals surface area contributed by atoms with E-state index in [0.717, 1.165) is 4.57 Å². The Balaban J connectivity index is 1.44. The number of alkyl halides is 4. The monoisotopic (exact) mass is 530 g/mol. The number of rotatable bonds is 7. The van der Waals surface area contributed by atoms with Crippen LogP contribution in [0.15, 0.2) is 59.1 Å². The number of likely N-dealkylation sites (tertiary alicyclic amines) is 1. The zero-order valence-corrected chi connectivity index (χ0v) is 20.5. The Kier molecular flexibility index (Phi) is 7.06. The first-order valence-electron chi connectivity index (χ1n) is 12.1. The highest BCUT2D eigenvalue weighted by atomic mass is 19.4. The fourth-order valence-electron chi connectivity index (χ4n) is 4.64. The summed E-state index contributed by atoms with van der Waals surface area (Å²) in [5.74, 6) is -0.367. The molecule has 0 unspecified atom stereocenters. The molecule has 2 atom stereocenters. The van der Waals surface area contributed by atoms with E-state index in [1.807, 2.05) is 11.9 Å². The van der Waals surface area contributed by atoms with E-state index >= 15 is 0 Å². The van der Waals surface area contributed by atoms with Gasteiger partial charge in [0.15, 0.2) is 0 Å². The first-order chi connectivity index (χ1) is 18.2. The van der Waals surface area contributed by atoms with Gasteiger partial charge in [-0.3, -0.25) is 4.79 Å². The van der Waals surface area contributed by atoms with Gasteiger partial charge in [-0.2, -0.15) is 18.2 Å². The molecule has 38 heavy (non-hydrogen) atoms. The van der Waals surface area contributed by atoms with Gasteiger partial charge in [0, 0.05) is 29.7 Å². The van der Waals surface area contributed by atoms with Gasteiger partial charge in [-0.25, -0.2) is 4.39 Å². The maximum atomic E-state index is 14.7. The van der Waals surface area contributed by atoms with Gasteiger partial charge in [0.05, 0.1) is 23.8 Å². The number of benzene rings is 2. The van der Waals surface area contributed by atoms with Crippen molar-refractivity contribution in [1.82, 2.24) is 24.9 Å². The summed E-state index contributed by atoms with van der Waals surface area (Å²) in [6.45, 7) is -0.383. The third kappa shape index (κ3) is 5.64. The molecular weight excluding hydrogens is 504 g/mol. The van der Waals surface area contributed by atoms with Crippen molar-refractivity contribution in [3.05, 3.63) is 66.1 Å². The van der Waals surface area contributed by atoms with Gasteiger partial charge in [0.25, 0.3) is 5.91 Å². The normalized spacial score (nSPS) is 18.6. The molecule has 2 aromatic carbocycles. The van der Waals surface area contributed by atoms with E-state index in [2.05, 4.69) is 20.8 Å². The highest BCUT2D eigenvalue weighted by Crippen LogP contribution is 2.35. The van der Waals surface area contributed by atoms with Crippen molar-refractivity contribution in [2.24, 2.45) is 0 Å². The van der Waals surface area contributed by atoms with Gasteiger partial charge in [0.2, 0.25) is 11.7 Å². The van der Waals surface area contributed by atoms with Gasteiger partial charge in [-0.05, 0) is 43.8 Å². The summed E-state index contributed by atoms with van der Waals surface area (Å²) in [5.41, 5.74) is 1.36. The summed E-state index contributed by atoms with van der Waals surface area (Å²) < 4.78 is 61.7. The SMILES string of the molecule is CN1CC[C@H](Nc2cccc3c2cc(-c2noc(CNC(=O)c4ccccc4)n2)n3CC(F)(F)F)[C@H](F)C1. The average Bonchev–Trinajstić information content (AvgIpc) is 3.49.